The molecule has 88 valence electrons. The fourth-order valence-corrected chi connectivity index (χ4v) is 1.39. The van der Waals surface area contributed by atoms with Gasteiger partial charge in [-0.3, -0.25) is 4.79 Å². The summed E-state index contributed by atoms with van der Waals surface area (Å²) in [5, 5.41) is 7.98. The van der Waals surface area contributed by atoms with Crippen LogP contribution in [0.25, 0.3) is 0 Å². The van der Waals surface area contributed by atoms with Crippen molar-refractivity contribution in [3.63, 3.8) is 0 Å². The molecule has 6 heteroatoms. The largest absolute Gasteiger partial charge is 0.469 e. The van der Waals surface area contributed by atoms with Gasteiger partial charge < -0.3 is 9.64 Å². The van der Waals surface area contributed by atoms with Gasteiger partial charge in [-0.15, -0.1) is 10.2 Å². The van der Waals surface area contributed by atoms with E-state index in [0.29, 0.717) is 17.5 Å². The molecule has 1 heterocycles. The third-order valence-corrected chi connectivity index (χ3v) is 2.36. The molecule has 1 rings (SSSR count). The topological polar surface area (TPSA) is 55.3 Å². The lowest BCUT2D eigenvalue weighted by molar-refractivity contribution is -0.144. The maximum atomic E-state index is 11.2. The minimum Gasteiger partial charge on any atom is -0.469 e. The average molecular weight is 244 g/mol. The monoisotopic (exact) mass is 243 g/mol. The predicted molar refractivity (Wildman–Crippen MR) is 61.5 cm³/mol. The fourth-order valence-electron chi connectivity index (χ4n) is 1.29. The van der Waals surface area contributed by atoms with Crippen molar-refractivity contribution in [3.8, 4) is 0 Å². The van der Waals surface area contributed by atoms with E-state index in [-0.39, 0.29) is 11.9 Å². The van der Waals surface area contributed by atoms with Crippen molar-refractivity contribution in [2.24, 2.45) is 5.92 Å². The van der Waals surface area contributed by atoms with E-state index in [1.165, 1.54) is 7.11 Å². The number of halogens is 1. The second-order valence-electron chi connectivity index (χ2n) is 3.52. The first-order valence-corrected chi connectivity index (χ1v) is 5.20. The summed E-state index contributed by atoms with van der Waals surface area (Å²) in [6.45, 7) is 2.31. The summed E-state index contributed by atoms with van der Waals surface area (Å²) in [5.41, 5.74) is 0. The fraction of sp³-hybridized carbons (Fsp3) is 0.500. The van der Waals surface area contributed by atoms with Crippen LogP contribution in [0.15, 0.2) is 12.1 Å². The predicted octanol–water partition coefficient (Wildman–Crippen LogP) is 1.38. The van der Waals surface area contributed by atoms with Crippen LogP contribution in [0.5, 0.6) is 0 Å². The highest BCUT2D eigenvalue weighted by atomic mass is 35.5. The van der Waals surface area contributed by atoms with Crippen molar-refractivity contribution in [1.29, 1.82) is 0 Å². The van der Waals surface area contributed by atoms with Gasteiger partial charge in [-0.25, -0.2) is 0 Å². The lowest BCUT2D eigenvalue weighted by Gasteiger charge is -2.20. The number of esters is 1. The Bertz CT molecular complexity index is 356. The number of methoxy groups -OCH3 is 1. The molecule has 0 bridgehead atoms. The number of carbonyl (C=O) groups excluding carboxylic acids is 1. The van der Waals surface area contributed by atoms with Gasteiger partial charge >= 0.3 is 5.97 Å². The zero-order valence-corrected chi connectivity index (χ0v) is 10.2. The molecule has 0 fully saturated rings. The highest BCUT2D eigenvalue weighted by Gasteiger charge is 2.16. The molecule has 0 aliphatic heterocycles. The van der Waals surface area contributed by atoms with Crippen molar-refractivity contribution in [2.45, 2.75) is 6.92 Å². The van der Waals surface area contributed by atoms with E-state index < -0.39 is 0 Å². The molecular formula is C10H14ClN3O2. The summed E-state index contributed by atoms with van der Waals surface area (Å²) >= 11 is 5.63. The SMILES string of the molecule is COC(=O)C(C)CN(C)c1ccc(Cl)nn1. The number of hydrogen-bond donors (Lipinski definition) is 0. The highest BCUT2D eigenvalue weighted by Crippen LogP contribution is 2.12. The lowest BCUT2D eigenvalue weighted by atomic mass is 10.2. The maximum absolute atomic E-state index is 11.2. The summed E-state index contributed by atoms with van der Waals surface area (Å²) in [7, 11) is 3.21. The molecule has 1 atom stereocenters. The highest BCUT2D eigenvalue weighted by molar-refractivity contribution is 6.29. The first-order valence-electron chi connectivity index (χ1n) is 4.82. The molecule has 1 unspecified atom stereocenters. The summed E-state index contributed by atoms with van der Waals surface area (Å²) in [6.07, 6.45) is 0. The first kappa shape index (κ1) is 12.7. The Morgan fingerprint density at radius 2 is 2.25 bits per heavy atom. The van der Waals surface area contributed by atoms with Gasteiger partial charge in [-0.05, 0) is 12.1 Å². The minimum atomic E-state index is -0.242. The van der Waals surface area contributed by atoms with Gasteiger partial charge in [-0.1, -0.05) is 18.5 Å². The number of ether oxygens (including phenoxy) is 1. The van der Waals surface area contributed by atoms with Gasteiger partial charge in [0.2, 0.25) is 0 Å². The Labute approximate surface area is 99.4 Å². The van der Waals surface area contributed by atoms with Crippen LogP contribution < -0.4 is 4.90 Å². The van der Waals surface area contributed by atoms with Gasteiger partial charge in [0.05, 0.1) is 13.0 Å². The molecule has 0 radical (unpaired) electrons. The second kappa shape index (κ2) is 5.65. The van der Waals surface area contributed by atoms with E-state index >= 15 is 0 Å². The van der Waals surface area contributed by atoms with Crippen molar-refractivity contribution < 1.29 is 9.53 Å². The maximum Gasteiger partial charge on any atom is 0.310 e. The van der Waals surface area contributed by atoms with E-state index in [1.54, 1.807) is 19.1 Å². The smallest absolute Gasteiger partial charge is 0.310 e. The van der Waals surface area contributed by atoms with Gasteiger partial charge in [0.15, 0.2) is 11.0 Å². The first-order chi connectivity index (χ1) is 7.54. The van der Waals surface area contributed by atoms with Crippen LogP contribution in [0, 0.1) is 5.92 Å². The number of anilines is 1. The Hall–Kier alpha value is -1.36. The molecular weight excluding hydrogens is 230 g/mol. The van der Waals surface area contributed by atoms with Gasteiger partial charge in [0, 0.05) is 13.6 Å². The third-order valence-electron chi connectivity index (χ3n) is 2.16. The number of hydrogen-bond acceptors (Lipinski definition) is 5. The van der Waals surface area contributed by atoms with Gasteiger partial charge in [-0.2, -0.15) is 0 Å². The molecule has 5 nitrogen and oxygen atoms in total. The molecule has 16 heavy (non-hydrogen) atoms. The van der Waals surface area contributed by atoms with E-state index in [2.05, 4.69) is 14.9 Å². The van der Waals surface area contributed by atoms with Crippen LogP contribution in [0.4, 0.5) is 5.82 Å². The van der Waals surface area contributed by atoms with Gasteiger partial charge in [0.1, 0.15) is 0 Å². The third kappa shape index (κ3) is 3.34. The van der Waals surface area contributed by atoms with Crippen molar-refractivity contribution >= 4 is 23.4 Å². The molecule has 0 aromatic carbocycles. The zero-order chi connectivity index (χ0) is 12.1. The van der Waals surface area contributed by atoms with Crippen LogP contribution in [-0.4, -0.2) is 36.9 Å². The van der Waals surface area contributed by atoms with Crippen LogP contribution in [0.3, 0.4) is 0 Å². The van der Waals surface area contributed by atoms with E-state index in [0.717, 1.165) is 0 Å². The van der Waals surface area contributed by atoms with Crippen LogP contribution in [0.2, 0.25) is 5.15 Å². The Balaban J connectivity index is 2.61. The molecule has 0 saturated carbocycles. The summed E-state index contributed by atoms with van der Waals surface area (Å²) in [5.74, 6) is 0.210. The van der Waals surface area contributed by atoms with Crippen LogP contribution >= 0.6 is 11.6 Å². The number of carbonyl (C=O) groups is 1. The Morgan fingerprint density at radius 1 is 1.56 bits per heavy atom. The van der Waals surface area contributed by atoms with E-state index in [9.17, 15) is 4.79 Å². The van der Waals surface area contributed by atoms with E-state index in [4.69, 9.17) is 11.6 Å². The molecule has 1 aromatic rings. The van der Waals surface area contributed by atoms with Crippen LogP contribution in [0.1, 0.15) is 6.92 Å². The molecule has 0 aliphatic carbocycles. The van der Waals surface area contributed by atoms with Crippen LogP contribution in [-0.2, 0) is 9.53 Å². The van der Waals surface area contributed by atoms with Crippen molar-refractivity contribution in [2.75, 3.05) is 25.6 Å². The molecule has 0 saturated heterocycles. The van der Waals surface area contributed by atoms with Gasteiger partial charge in [0.25, 0.3) is 0 Å². The second-order valence-corrected chi connectivity index (χ2v) is 3.91. The number of rotatable bonds is 4. The van der Waals surface area contributed by atoms with Crippen molar-refractivity contribution in [3.05, 3.63) is 17.3 Å². The minimum absolute atomic E-state index is 0.215. The Kier molecular flexibility index (Phi) is 4.49. The Morgan fingerprint density at radius 3 is 2.75 bits per heavy atom. The zero-order valence-electron chi connectivity index (χ0n) is 9.48. The number of aromatic nitrogens is 2. The molecule has 1 aromatic heterocycles. The molecule has 0 spiro atoms. The van der Waals surface area contributed by atoms with Crippen molar-refractivity contribution in [1.82, 2.24) is 10.2 Å². The quantitative estimate of drug-likeness (QED) is 0.748. The lowest BCUT2D eigenvalue weighted by Crippen LogP contribution is -2.29. The standard InChI is InChI=1S/C10H14ClN3O2/c1-7(10(15)16-3)6-14(2)9-5-4-8(11)12-13-9/h4-5,7H,6H2,1-3H3. The van der Waals surface area contributed by atoms with E-state index in [1.807, 2.05) is 11.9 Å². The normalized spacial score (nSPS) is 12.0. The summed E-state index contributed by atoms with van der Waals surface area (Å²) in [4.78, 5) is 13.1. The molecule has 0 aliphatic rings. The number of nitrogens with zero attached hydrogens (tertiary/aromatic N) is 3. The average Bonchev–Trinajstić information content (AvgIpc) is 2.28. The molecule has 0 amide bonds. The summed E-state index contributed by atoms with van der Waals surface area (Å²) < 4.78 is 4.65. The summed E-state index contributed by atoms with van der Waals surface area (Å²) in [6, 6.07) is 3.41. The molecule has 0 N–H and O–H groups in total.